The largest absolute Gasteiger partial charge is 0.497 e. The van der Waals surface area contributed by atoms with Crippen molar-refractivity contribution in [1.29, 1.82) is 0 Å². The molecule has 5 nitrogen and oxygen atoms in total. The Morgan fingerprint density at radius 2 is 2.07 bits per heavy atom. The fourth-order valence-corrected chi connectivity index (χ4v) is 3.55. The summed E-state index contributed by atoms with van der Waals surface area (Å²) in [6, 6.07) is 15.5. The highest BCUT2D eigenvalue weighted by molar-refractivity contribution is 5.94. The van der Waals surface area contributed by atoms with Crippen molar-refractivity contribution in [3.63, 3.8) is 0 Å². The Morgan fingerprint density at radius 1 is 1.22 bits per heavy atom. The minimum Gasteiger partial charge on any atom is -0.497 e. The number of rotatable bonds is 5. The highest BCUT2D eigenvalue weighted by Gasteiger charge is 2.16. The van der Waals surface area contributed by atoms with Crippen LogP contribution in [0.3, 0.4) is 0 Å². The van der Waals surface area contributed by atoms with Crippen LogP contribution in [-0.4, -0.2) is 34.5 Å². The number of ether oxygens (including phenoxy) is 1. The van der Waals surface area contributed by atoms with Crippen LogP contribution in [-0.2, 0) is 19.5 Å². The van der Waals surface area contributed by atoms with E-state index in [0.717, 1.165) is 29.8 Å². The van der Waals surface area contributed by atoms with Crippen molar-refractivity contribution in [2.75, 3.05) is 14.2 Å². The summed E-state index contributed by atoms with van der Waals surface area (Å²) in [7, 11) is 3.42. The van der Waals surface area contributed by atoms with Gasteiger partial charge in [-0.1, -0.05) is 24.3 Å². The first kappa shape index (κ1) is 17.3. The van der Waals surface area contributed by atoms with Crippen LogP contribution in [0.1, 0.15) is 28.2 Å². The molecule has 1 aromatic heterocycles. The molecule has 138 valence electrons. The fraction of sp³-hybridized carbons (Fsp3) is 0.273. The average Bonchev–Trinajstić information content (AvgIpc) is 3.30. The summed E-state index contributed by atoms with van der Waals surface area (Å²) in [6.07, 6.45) is 4.36. The summed E-state index contributed by atoms with van der Waals surface area (Å²) in [6.45, 7) is 1.59. The van der Waals surface area contributed by atoms with Gasteiger partial charge in [0.05, 0.1) is 12.8 Å². The van der Waals surface area contributed by atoms with Gasteiger partial charge in [0.1, 0.15) is 11.6 Å². The molecule has 2 heterocycles. The van der Waals surface area contributed by atoms with Crippen molar-refractivity contribution in [2.24, 2.45) is 0 Å². The van der Waals surface area contributed by atoms with Crippen LogP contribution in [0, 0.1) is 0 Å². The molecule has 0 spiro atoms. The van der Waals surface area contributed by atoms with Crippen LogP contribution in [0.2, 0.25) is 0 Å². The van der Waals surface area contributed by atoms with Gasteiger partial charge in [0.15, 0.2) is 0 Å². The van der Waals surface area contributed by atoms with Gasteiger partial charge in [-0.25, -0.2) is 4.98 Å². The van der Waals surface area contributed by atoms with Gasteiger partial charge in [0, 0.05) is 43.9 Å². The lowest BCUT2D eigenvalue weighted by Crippen LogP contribution is -2.26. The van der Waals surface area contributed by atoms with Crippen molar-refractivity contribution in [3.05, 3.63) is 71.7 Å². The van der Waals surface area contributed by atoms with E-state index in [0.29, 0.717) is 17.9 Å². The SMILES string of the molecule is COc1cccc(C(=O)N(C)Cc2cccc(-c3cn4c(n3)CCC4)c2)c1. The first-order chi connectivity index (χ1) is 13.1. The number of fused-ring (bicyclic) bond motifs is 1. The van der Waals surface area contributed by atoms with Gasteiger partial charge < -0.3 is 14.2 Å². The topological polar surface area (TPSA) is 47.4 Å². The van der Waals surface area contributed by atoms with E-state index in [1.165, 1.54) is 12.2 Å². The molecule has 5 heteroatoms. The van der Waals surface area contributed by atoms with Crippen molar-refractivity contribution in [1.82, 2.24) is 14.5 Å². The van der Waals surface area contributed by atoms with Crippen LogP contribution in [0.4, 0.5) is 0 Å². The smallest absolute Gasteiger partial charge is 0.254 e. The van der Waals surface area contributed by atoms with Crippen LogP contribution in [0.5, 0.6) is 5.75 Å². The second-order valence-corrected chi connectivity index (χ2v) is 6.93. The molecular weight excluding hydrogens is 338 g/mol. The fourth-order valence-electron chi connectivity index (χ4n) is 3.55. The summed E-state index contributed by atoms with van der Waals surface area (Å²) in [4.78, 5) is 19.2. The van der Waals surface area contributed by atoms with Crippen molar-refractivity contribution >= 4 is 5.91 Å². The molecule has 0 atom stereocenters. The van der Waals surface area contributed by atoms with E-state index >= 15 is 0 Å². The molecule has 0 radical (unpaired) electrons. The number of nitrogens with zero attached hydrogens (tertiary/aromatic N) is 3. The number of methoxy groups -OCH3 is 1. The Kier molecular flexibility index (Phi) is 4.67. The molecule has 2 aromatic carbocycles. The normalized spacial score (nSPS) is 12.7. The molecule has 0 unspecified atom stereocenters. The Balaban J connectivity index is 1.51. The Labute approximate surface area is 159 Å². The van der Waals surface area contributed by atoms with Crippen LogP contribution >= 0.6 is 0 Å². The maximum Gasteiger partial charge on any atom is 0.254 e. The van der Waals surface area contributed by atoms with Crippen molar-refractivity contribution < 1.29 is 9.53 Å². The molecule has 4 rings (SSSR count). The molecule has 1 aliphatic rings. The Hall–Kier alpha value is -3.08. The summed E-state index contributed by atoms with van der Waals surface area (Å²) in [5.74, 6) is 1.82. The molecule has 1 aliphatic heterocycles. The lowest BCUT2D eigenvalue weighted by atomic mass is 10.1. The van der Waals surface area contributed by atoms with Gasteiger partial charge in [-0.15, -0.1) is 0 Å². The molecule has 27 heavy (non-hydrogen) atoms. The summed E-state index contributed by atoms with van der Waals surface area (Å²) < 4.78 is 7.45. The quantitative estimate of drug-likeness (QED) is 0.695. The van der Waals surface area contributed by atoms with Gasteiger partial charge >= 0.3 is 0 Å². The number of benzene rings is 2. The van der Waals surface area contributed by atoms with Crippen LogP contribution < -0.4 is 4.74 Å². The lowest BCUT2D eigenvalue weighted by Gasteiger charge is -2.18. The molecule has 0 saturated heterocycles. The zero-order chi connectivity index (χ0) is 18.8. The van der Waals surface area contributed by atoms with E-state index in [1.54, 1.807) is 18.1 Å². The number of amides is 1. The maximum absolute atomic E-state index is 12.7. The first-order valence-electron chi connectivity index (χ1n) is 9.19. The van der Waals surface area contributed by atoms with E-state index in [1.807, 2.05) is 37.4 Å². The summed E-state index contributed by atoms with van der Waals surface area (Å²) >= 11 is 0. The second-order valence-electron chi connectivity index (χ2n) is 6.93. The van der Waals surface area contributed by atoms with Gasteiger partial charge in [-0.2, -0.15) is 0 Å². The number of aryl methyl sites for hydroxylation is 2. The molecule has 1 amide bonds. The standard InChI is InChI=1S/C22H23N3O2/c1-24(22(26)18-8-4-9-19(13-18)27-2)14-16-6-3-7-17(12-16)20-15-25-11-5-10-21(25)23-20/h3-4,6-9,12-13,15H,5,10-11,14H2,1-2H3. The predicted octanol–water partition coefficient (Wildman–Crippen LogP) is 3.78. The first-order valence-corrected chi connectivity index (χ1v) is 9.19. The minimum absolute atomic E-state index is 0.0275. The molecule has 0 aliphatic carbocycles. The number of imidazole rings is 1. The molecule has 0 fully saturated rings. The van der Waals surface area contributed by atoms with E-state index in [4.69, 9.17) is 9.72 Å². The van der Waals surface area contributed by atoms with Crippen LogP contribution in [0.15, 0.2) is 54.7 Å². The number of carbonyl (C=O) groups excluding carboxylic acids is 1. The highest BCUT2D eigenvalue weighted by Crippen LogP contribution is 2.24. The van der Waals surface area contributed by atoms with E-state index in [2.05, 4.69) is 22.9 Å². The molecule has 0 saturated carbocycles. The maximum atomic E-state index is 12.7. The molecule has 0 bridgehead atoms. The van der Waals surface area contributed by atoms with Crippen molar-refractivity contribution in [2.45, 2.75) is 25.9 Å². The number of hydrogen-bond acceptors (Lipinski definition) is 3. The third-order valence-corrected chi connectivity index (χ3v) is 4.96. The zero-order valence-electron chi connectivity index (χ0n) is 15.7. The third kappa shape index (κ3) is 3.58. The third-order valence-electron chi connectivity index (χ3n) is 4.96. The number of carbonyl (C=O) groups is 1. The Bertz CT molecular complexity index is 956. The lowest BCUT2D eigenvalue weighted by molar-refractivity contribution is 0.0784. The monoisotopic (exact) mass is 361 g/mol. The number of hydrogen-bond donors (Lipinski definition) is 0. The van der Waals surface area contributed by atoms with Gasteiger partial charge in [0.2, 0.25) is 0 Å². The van der Waals surface area contributed by atoms with Gasteiger partial charge in [-0.3, -0.25) is 4.79 Å². The second kappa shape index (κ2) is 7.27. The Morgan fingerprint density at radius 3 is 2.89 bits per heavy atom. The molecule has 3 aromatic rings. The predicted molar refractivity (Wildman–Crippen MR) is 105 cm³/mol. The van der Waals surface area contributed by atoms with E-state index in [-0.39, 0.29) is 5.91 Å². The summed E-state index contributed by atoms with van der Waals surface area (Å²) in [5.41, 5.74) is 3.81. The van der Waals surface area contributed by atoms with E-state index < -0.39 is 0 Å². The van der Waals surface area contributed by atoms with E-state index in [9.17, 15) is 4.79 Å². The highest BCUT2D eigenvalue weighted by atomic mass is 16.5. The minimum atomic E-state index is -0.0275. The van der Waals surface area contributed by atoms with Gasteiger partial charge in [-0.05, 0) is 36.2 Å². The zero-order valence-corrected chi connectivity index (χ0v) is 15.7. The van der Waals surface area contributed by atoms with Crippen molar-refractivity contribution in [3.8, 4) is 17.0 Å². The number of aromatic nitrogens is 2. The molecule has 0 N–H and O–H groups in total. The summed E-state index contributed by atoms with van der Waals surface area (Å²) in [5, 5.41) is 0. The van der Waals surface area contributed by atoms with Gasteiger partial charge in [0.25, 0.3) is 5.91 Å². The van der Waals surface area contributed by atoms with Crippen LogP contribution in [0.25, 0.3) is 11.3 Å². The average molecular weight is 361 g/mol. The molecular formula is C22H23N3O2.